The SMILES string of the molecule is OC[C@@H]1OCC(Nc2nccc(C(F)(F)F)n2)C(O)C1O. The Morgan fingerprint density at radius 3 is 2.67 bits per heavy atom. The molecule has 0 aromatic carbocycles. The standard InChI is InChI=1S/C11H14F3N3O4/c12-11(13,14)7-1-2-15-10(17-7)16-5-4-21-6(3-18)9(20)8(5)19/h1-2,5-6,8-9,18-20H,3-4H2,(H,15,16,17)/t5?,6-,8?,9?/m0/s1. The van der Waals surface area contributed by atoms with Crippen LogP contribution in [-0.4, -0.2) is 62.9 Å². The molecule has 10 heteroatoms. The van der Waals surface area contributed by atoms with Gasteiger partial charge in [0.1, 0.15) is 24.0 Å². The number of hydrogen-bond donors (Lipinski definition) is 4. The third kappa shape index (κ3) is 3.59. The number of alkyl halides is 3. The summed E-state index contributed by atoms with van der Waals surface area (Å²) < 4.78 is 42.7. The van der Waals surface area contributed by atoms with E-state index in [9.17, 15) is 23.4 Å². The largest absolute Gasteiger partial charge is 0.433 e. The third-order valence-corrected chi connectivity index (χ3v) is 3.07. The molecule has 3 unspecified atom stereocenters. The summed E-state index contributed by atoms with van der Waals surface area (Å²) in [6.45, 7) is -0.603. The van der Waals surface area contributed by atoms with E-state index in [4.69, 9.17) is 9.84 Å². The molecule has 118 valence electrons. The number of aliphatic hydroxyl groups is 3. The number of rotatable bonds is 3. The van der Waals surface area contributed by atoms with Crippen LogP contribution >= 0.6 is 0 Å². The molecule has 0 amide bonds. The van der Waals surface area contributed by atoms with E-state index < -0.39 is 42.8 Å². The van der Waals surface area contributed by atoms with Gasteiger partial charge in [-0.3, -0.25) is 0 Å². The maximum atomic E-state index is 12.5. The molecule has 4 atom stereocenters. The van der Waals surface area contributed by atoms with Crippen molar-refractivity contribution in [2.24, 2.45) is 0 Å². The first-order valence-corrected chi connectivity index (χ1v) is 6.08. The van der Waals surface area contributed by atoms with Gasteiger partial charge in [-0.2, -0.15) is 13.2 Å². The molecule has 1 aliphatic heterocycles. The second kappa shape index (κ2) is 6.10. The quantitative estimate of drug-likeness (QED) is 0.590. The van der Waals surface area contributed by atoms with E-state index in [-0.39, 0.29) is 12.6 Å². The van der Waals surface area contributed by atoms with Gasteiger partial charge in [-0.1, -0.05) is 0 Å². The van der Waals surface area contributed by atoms with Crippen LogP contribution in [0.3, 0.4) is 0 Å². The minimum absolute atomic E-state index is 0.122. The maximum Gasteiger partial charge on any atom is 0.433 e. The van der Waals surface area contributed by atoms with Gasteiger partial charge < -0.3 is 25.4 Å². The zero-order chi connectivity index (χ0) is 15.6. The van der Waals surface area contributed by atoms with Gasteiger partial charge in [-0.15, -0.1) is 0 Å². The fourth-order valence-corrected chi connectivity index (χ4v) is 1.92. The minimum atomic E-state index is -4.61. The van der Waals surface area contributed by atoms with Gasteiger partial charge in [0.15, 0.2) is 0 Å². The van der Waals surface area contributed by atoms with Crippen molar-refractivity contribution in [3.8, 4) is 0 Å². The first-order valence-electron chi connectivity index (χ1n) is 6.08. The highest BCUT2D eigenvalue weighted by molar-refractivity contribution is 5.28. The lowest BCUT2D eigenvalue weighted by molar-refractivity contribution is -0.152. The van der Waals surface area contributed by atoms with Crippen LogP contribution in [0.25, 0.3) is 0 Å². The fourth-order valence-electron chi connectivity index (χ4n) is 1.92. The van der Waals surface area contributed by atoms with Crippen molar-refractivity contribution in [1.29, 1.82) is 0 Å². The Hall–Kier alpha value is -1.49. The summed E-state index contributed by atoms with van der Waals surface area (Å²) in [7, 11) is 0. The molecule has 2 rings (SSSR count). The van der Waals surface area contributed by atoms with E-state index in [1.807, 2.05) is 0 Å². The molecule has 2 heterocycles. The van der Waals surface area contributed by atoms with Crippen LogP contribution in [0.2, 0.25) is 0 Å². The van der Waals surface area contributed by atoms with E-state index in [0.29, 0.717) is 0 Å². The average Bonchev–Trinajstić information content (AvgIpc) is 2.44. The predicted octanol–water partition coefficient (Wildman–Crippen LogP) is -0.611. The summed E-state index contributed by atoms with van der Waals surface area (Å²) in [5.41, 5.74) is -1.12. The smallest absolute Gasteiger partial charge is 0.394 e. The summed E-state index contributed by atoms with van der Waals surface area (Å²) in [5, 5.41) is 30.9. The first-order chi connectivity index (χ1) is 9.82. The summed E-state index contributed by atoms with van der Waals surface area (Å²) in [6, 6.07) is -0.179. The number of nitrogens with one attached hydrogen (secondary N) is 1. The zero-order valence-corrected chi connectivity index (χ0v) is 10.7. The number of anilines is 1. The van der Waals surface area contributed by atoms with Crippen molar-refractivity contribution >= 4 is 5.95 Å². The molecule has 1 aromatic rings. The average molecular weight is 309 g/mol. The third-order valence-electron chi connectivity index (χ3n) is 3.07. The highest BCUT2D eigenvalue weighted by atomic mass is 19.4. The van der Waals surface area contributed by atoms with Gasteiger partial charge in [0, 0.05) is 6.20 Å². The van der Waals surface area contributed by atoms with E-state index >= 15 is 0 Å². The van der Waals surface area contributed by atoms with E-state index in [0.717, 1.165) is 12.3 Å². The highest BCUT2D eigenvalue weighted by Crippen LogP contribution is 2.28. The monoisotopic (exact) mass is 309 g/mol. The number of hydrogen-bond acceptors (Lipinski definition) is 7. The molecule has 1 saturated heterocycles. The molecular formula is C11H14F3N3O4. The van der Waals surface area contributed by atoms with Gasteiger partial charge in [0.25, 0.3) is 0 Å². The molecule has 0 aliphatic carbocycles. The highest BCUT2D eigenvalue weighted by Gasteiger charge is 2.39. The Balaban J connectivity index is 2.08. The van der Waals surface area contributed by atoms with Gasteiger partial charge >= 0.3 is 6.18 Å². The molecule has 1 fully saturated rings. The molecule has 7 nitrogen and oxygen atoms in total. The molecule has 21 heavy (non-hydrogen) atoms. The second-order valence-electron chi connectivity index (χ2n) is 4.55. The number of nitrogens with zero attached hydrogens (tertiary/aromatic N) is 2. The number of aliphatic hydroxyl groups excluding tert-OH is 3. The van der Waals surface area contributed by atoms with E-state index in [2.05, 4.69) is 15.3 Å². The molecule has 0 saturated carbocycles. The summed E-state index contributed by atoms with van der Waals surface area (Å²) >= 11 is 0. The van der Waals surface area contributed by atoms with Crippen LogP contribution in [0.1, 0.15) is 5.69 Å². The van der Waals surface area contributed by atoms with Crippen molar-refractivity contribution in [1.82, 2.24) is 9.97 Å². The van der Waals surface area contributed by atoms with Crippen molar-refractivity contribution < 1.29 is 33.2 Å². The van der Waals surface area contributed by atoms with Gasteiger partial charge in [0.05, 0.1) is 19.3 Å². The van der Waals surface area contributed by atoms with Crippen molar-refractivity contribution in [2.75, 3.05) is 18.5 Å². The predicted molar refractivity (Wildman–Crippen MR) is 63.3 cm³/mol. The summed E-state index contributed by atoms with van der Waals surface area (Å²) in [6.07, 6.45) is -7.33. The van der Waals surface area contributed by atoms with E-state index in [1.165, 1.54) is 0 Å². The molecule has 0 radical (unpaired) electrons. The van der Waals surface area contributed by atoms with Gasteiger partial charge in [-0.05, 0) is 6.07 Å². The lowest BCUT2D eigenvalue weighted by Crippen LogP contribution is -2.56. The molecule has 1 aliphatic rings. The van der Waals surface area contributed by atoms with Gasteiger partial charge in [-0.25, -0.2) is 9.97 Å². The maximum absolute atomic E-state index is 12.5. The van der Waals surface area contributed by atoms with Crippen molar-refractivity contribution in [3.63, 3.8) is 0 Å². The van der Waals surface area contributed by atoms with Crippen LogP contribution in [0.4, 0.5) is 19.1 Å². The Morgan fingerprint density at radius 2 is 2.05 bits per heavy atom. The first kappa shape index (κ1) is 15.9. The molecule has 4 N–H and O–H groups in total. The molecule has 0 spiro atoms. The Labute approximate surface area is 117 Å². The van der Waals surface area contributed by atoms with E-state index in [1.54, 1.807) is 0 Å². The molecular weight excluding hydrogens is 295 g/mol. The number of halogens is 3. The Morgan fingerprint density at radius 1 is 1.33 bits per heavy atom. The number of aromatic nitrogens is 2. The van der Waals surface area contributed by atoms with Crippen LogP contribution in [0.15, 0.2) is 12.3 Å². The zero-order valence-electron chi connectivity index (χ0n) is 10.7. The lowest BCUT2D eigenvalue weighted by Gasteiger charge is -2.37. The second-order valence-corrected chi connectivity index (χ2v) is 4.55. The summed E-state index contributed by atoms with van der Waals surface area (Å²) in [4.78, 5) is 6.92. The fraction of sp³-hybridized carbons (Fsp3) is 0.636. The molecule has 1 aromatic heterocycles. The van der Waals surface area contributed by atoms with Crippen LogP contribution in [-0.2, 0) is 10.9 Å². The van der Waals surface area contributed by atoms with Gasteiger partial charge in [0.2, 0.25) is 5.95 Å². The molecule has 0 bridgehead atoms. The topological polar surface area (TPSA) is 108 Å². The number of ether oxygens (including phenoxy) is 1. The Bertz CT molecular complexity index is 488. The van der Waals surface area contributed by atoms with Crippen LogP contribution in [0.5, 0.6) is 0 Å². The summed E-state index contributed by atoms with van der Waals surface area (Å²) in [5.74, 6) is -0.341. The van der Waals surface area contributed by atoms with Crippen LogP contribution in [0, 0.1) is 0 Å². The van der Waals surface area contributed by atoms with Crippen LogP contribution < -0.4 is 5.32 Å². The Kier molecular flexibility index (Phi) is 4.61. The normalized spacial score (nSPS) is 30.2. The minimum Gasteiger partial charge on any atom is -0.394 e. The van der Waals surface area contributed by atoms with Crippen molar-refractivity contribution in [3.05, 3.63) is 18.0 Å². The lowest BCUT2D eigenvalue weighted by atomic mass is 9.98. The van der Waals surface area contributed by atoms with Crippen molar-refractivity contribution in [2.45, 2.75) is 30.5 Å².